The normalized spacial score (nSPS) is 13.3. The van der Waals surface area contributed by atoms with Crippen LogP contribution in [0, 0.1) is 0 Å². The maximum absolute atomic E-state index is 12.7. The summed E-state index contributed by atoms with van der Waals surface area (Å²) in [5.41, 5.74) is -2.13. The Bertz CT molecular complexity index is 336. The van der Waals surface area contributed by atoms with Crippen LogP contribution < -0.4 is 5.32 Å². The van der Waals surface area contributed by atoms with Gasteiger partial charge in [-0.15, -0.1) is 0 Å². The SMILES string of the molecule is CCC(CC)(NC(=O)C(F)(F)C(F)(F)F)C(=O)O. The van der Waals surface area contributed by atoms with E-state index in [9.17, 15) is 31.5 Å². The lowest BCUT2D eigenvalue weighted by molar-refractivity contribution is -0.270. The molecular weight excluding hydrogens is 265 g/mol. The first kappa shape index (κ1) is 16.6. The van der Waals surface area contributed by atoms with Gasteiger partial charge in [-0.1, -0.05) is 13.8 Å². The Kier molecular flexibility index (Phi) is 4.67. The molecule has 0 saturated heterocycles. The van der Waals surface area contributed by atoms with Gasteiger partial charge < -0.3 is 10.4 Å². The van der Waals surface area contributed by atoms with E-state index >= 15 is 0 Å². The molecule has 0 fully saturated rings. The van der Waals surface area contributed by atoms with Gasteiger partial charge in [-0.25, -0.2) is 4.79 Å². The van der Waals surface area contributed by atoms with Gasteiger partial charge in [0.2, 0.25) is 0 Å². The van der Waals surface area contributed by atoms with Gasteiger partial charge in [-0.05, 0) is 12.8 Å². The van der Waals surface area contributed by atoms with Gasteiger partial charge in [0.1, 0.15) is 5.54 Å². The summed E-state index contributed by atoms with van der Waals surface area (Å²) in [4.78, 5) is 21.8. The largest absolute Gasteiger partial charge is 0.480 e. The fraction of sp³-hybridized carbons (Fsp3) is 0.778. The number of rotatable bonds is 5. The van der Waals surface area contributed by atoms with Crippen LogP contribution >= 0.6 is 0 Å². The summed E-state index contributed by atoms with van der Waals surface area (Å²) in [6.45, 7) is 2.51. The number of carbonyl (C=O) groups excluding carboxylic acids is 1. The Morgan fingerprint density at radius 1 is 1.06 bits per heavy atom. The molecule has 0 rings (SSSR count). The van der Waals surface area contributed by atoms with Crippen molar-refractivity contribution in [2.24, 2.45) is 0 Å². The zero-order valence-electron chi connectivity index (χ0n) is 9.57. The van der Waals surface area contributed by atoms with Crippen LogP contribution in [0.3, 0.4) is 0 Å². The summed E-state index contributed by atoms with van der Waals surface area (Å²) >= 11 is 0. The molecule has 0 aromatic rings. The topological polar surface area (TPSA) is 66.4 Å². The maximum Gasteiger partial charge on any atom is 0.463 e. The van der Waals surface area contributed by atoms with E-state index in [1.807, 2.05) is 0 Å². The van der Waals surface area contributed by atoms with Gasteiger partial charge in [-0.2, -0.15) is 22.0 Å². The molecule has 0 aromatic carbocycles. The van der Waals surface area contributed by atoms with Crippen molar-refractivity contribution in [3.63, 3.8) is 0 Å². The fourth-order valence-electron chi connectivity index (χ4n) is 1.21. The van der Waals surface area contributed by atoms with Crippen LogP contribution in [0.25, 0.3) is 0 Å². The van der Waals surface area contributed by atoms with Crippen LogP contribution in [0.15, 0.2) is 0 Å². The Hall–Kier alpha value is -1.41. The molecule has 0 radical (unpaired) electrons. The molecule has 0 spiro atoms. The molecule has 0 aromatic heterocycles. The minimum atomic E-state index is -6.07. The molecule has 0 unspecified atom stereocenters. The van der Waals surface area contributed by atoms with E-state index < -0.39 is 29.5 Å². The molecule has 0 bridgehead atoms. The van der Waals surface area contributed by atoms with Gasteiger partial charge >= 0.3 is 24.0 Å². The summed E-state index contributed by atoms with van der Waals surface area (Å²) < 4.78 is 61.1. The van der Waals surface area contributed by atoms with Crippen molar-refractivity contribution in [1.82, 2.24) is 5.32 Å². The number of amides is 1. The van der Waals surface area contributed by atoms with Crippen molar-refractivity contribution < 1.29 is 36.6 Å². The lowest BCUT2D eigenvalue weighted by Crippen LogP contribution is -2.60. The van der Waals surface area contributed by atoms with E-state index in [1.165, 1.54) is 19.2 Å². The summed E-state index contributed by atoms with van der Waals surface area (Å²) in [6.07, 6.45) is -6.71. The number of aliphatic carboxylic acids is 1. The van der Waals surface area contributed by atoms with E-state index in [0.29, 0.717) is 0 Å². The number of alkyl halides is 5. The summed E-state index contributed by atoms with van der Waals surface area (Å²) in [7, 11) is 0. The molecule has 0 aliphatic rings. The number of nitrogens with one attached hydrogen (secondary N) is 1. The van der Waals surface area contributed by atoms with Crippen LogP contribution in [-0.4, -0.2) is 34.6 Å². The Morgan fingerprint density at radius 2 is 1.44 bits per heavy atom. The second-order valence-corrected chi connectivity index (χ2v) is 3.62. The molecule has 9 heteroatoms. The quantitative estimate of drug-likeness (QED) is 0.755. The third kappa shape index (κ3) is 2.88. The average molecular weight is 277 g/mol. The molecular formula is C9H12F5NO3. The van der Waals surface area contributed by atoms with Crippen molar-refractivity contribution in [3.05, 3.63) is 0 Å². The third-order valence-corrected chi connectivity index (χ3v) is 2.61. The second kappa shape index (κ2) is 5.07. The number of carboxylic acids is 1. The number of hydrogen-bond donors (Lipinski definition) is 2. The average Bonchev–Trinajstić information content (AvgIpc) is 2.23. The van der Waals surface area contributed by atoms with Gasteiger partial charge in [0.25, 0.3) is 0 Å². The molecule has 2 N–H and O–H groups in total. The zero-order valence-corrected chi connectivity index (χ0v) is 9.57. The highest BCUT2D eigenvalue weighted by atomic mass is 19.4. The van der Waals surface area contributed by atoms with Gasteiger partial charge in [-0.3, -0.25) is 4.79 Å². The smallest absolute Gasteiger partial charge is 0.463 e. The van der Waals surface area contributed by atoms with Crippen LogP contribution in [0.4, 0.5) is 22.0 Å². The number of carboxylic acid groups (broad SMARTS) is 1. The van der Waals surface area contributed by atoms with E-state index in [2.05, 4.69) is 0 Å². The van der Waals surface area contributed by atoms with Crippen molar-refractivity contribution in [2.45, 2.75) is 44.3 Å². The predicted molar refractivity (Wildman–Crippen MR) is 50.1 cm³/mol. The highest BCUT2D eigenvalue weighted by Crippen LogP contribution is 2.36. The minimum absolute atomic E-state index is 0.321. The van der Waals surface area contributed by atoms with E-state index in [1.54, 1.807) is 0 Å². The summed E-state index contributed by atoms with van der Waals surface area (Å²) in [5, 5.41) is 10.1. The molecule has 4 nitrogen and oxygen atoms in total. The van der Waals surface area contributed by atoms with Crippen LogP contribution in [0.2, 0.25) is 0 Å². The lowest BCUT2D eigenvalue weighted by Gasteiger charge is -2.30. The van der Waals surface area contributed by atoms with Gasteiger partial charge in [0, 0.05) is 0 Å². The first-order valence-corrected chi connectivity index (χ1v) is 4.95. The monoisotopic (exact) mass is 277 g/mol. The maximum atomic E-state index is 12.7. The predicted octanol–water partition coefficient (Wildman–Crippen LogP) is 1.94. The molecule has 106 valence electrons. The van der Waals surface area contributed by atoms with Crippen LogP contribution in [-0.2, 0) is 9.59 Å². The second-order valence-electron chi connectivity index (χ2n) is 3.62. The summed E-state index contributed by atoms with van der Waals surface area (Å²) in [5.74, 6) is -9.96. The van der Waals surface area contributed by atoms with Crippen molar-refractivity contribution >= 4 is 11.9 Å². The first-order chi connectivity index (χ1) is 7.94. The molecule has 18 heavy (non-hydrogen) atoms. The van der Waals surface area contributed by atoms with E-state index in [-0.39, 0.29) is 12.8 Å². The van der Waals surface area contributed by atoms with Gasteiger partial charge in [0.15, 0.2) is 0 Å². The number of halogens is 5. The summed E-state index contributed by atoms with van der Waals surface area (Å²) in [6, 6.07) is 0. The Morgan fingerprint density at radius 3 is 1.67 bits per heavy atom. The Balaban J connectivity index is 5.22. The first-order valence-electron chi connectivity index (χ1n) is 4.95. The van der Waals surface area contributed by atoms with Crippen molar-refractivity contribution in [3.8, 4) is 0 Å². The number of carbonyl (C=O) groups is 2. The molecule has 0 saturated carbocycles. The molecule has 0 aliphatic carbocycles. The van der Waals surface area contributed by atoms with Gasteiger partial charge in [0.05, 0.1) is 0 Å². The fourth-order valence-corrected chi connectivity index (χ4v) is 1.21. The number of hydrogen-bond acceptors (Lipinski definition) is 2. The highest BCUT2D eigenvalue weighted by molar-refractivity contribution is 5.91. The van der Waals surface area contributed by atoms with Crippen LogP contribution in [0.5, 0.6) is 0 Å². The van der Waals surface area contributed by atoms with Crippen molar-refractivity contribution in [2.75, 3.05) is 0 Å². The standard InChI is InChI=1S/C9H12F5NO3/c1-3-7(4-2,6(17)18)15-5(16)8(10,11)9(12,13)14/h3-4H2,1-2H3,(H,15,16)(H,17,18). The third-order valence-electron chi connectivity index (χ3n) is 2.61. The molecule has 0 heterocycles. The molecule has 1 amide bonds. The van der Waals surface area contributed by atoms with Crippen molar-refractivity contribution in [1.29, 1.82) is 0 Å². The van der Waals surface area contributed by atoms with E-state index in [4.69, 9.17) is 5.11 Å². The lowest BCUT2D eigenvalue weighted by atomic mass is 9.92. The van der Waals surface area contributed by atoms with E-state index in [0.717, 1.165) is 0 Å². The minimum Gasteiger partial charge on any atom is -0.480 e. The Labute approximate surface area is 99.2 Å². The zero-order chi connectivity index (χ0) is 14.8. The molecule has 0 atom stereocenters. The molecule has 0 aliphatic heterocycles. The highest BCUT2D eigenvalue weighted by Gasteiger charge is 2.64. The van der Waals surface area contributed by atoms with Crippen LogP contribution in [0.1, 0.15) is 26.7 Å².